The summed E-state index contributed by atoms with van der Waals surface area (Å²) in [5, 5.41) is 0. The predicted octanol–water partition coefficient (Wildman–Crippen LogP) is 4.63. The van der Waals surface area contributed by atoms with Crippen LogP contribution in [0.25, 0.3) is 11.1 Å². The maximum absolute atomic E-state index is 5.63. The van der Waals surface area contributed by atoms with Crippen LogP contribution < -0.4 is 0 Å². The zero-order valence-electron chi connectivity index (χ0n) is 11.0. The Morgan fingerprint density at radius 3 is 2.42 bits per heavy atom. The first kappa shape index (κ1) is 12.2. The molecule has 3 rings (SSSR count). The molecule has 3 aromatic rings. The van der Waals surface area contributed by atoms with Crippen LogP contribution in [-0.2, 0) is 6.54 Å². The molecule has 0 N–H and O–H groups in total. The number of fused-ring (bicyclic) bond motifs is 1. The number of aromatic nitrogens is 1. The van der Waals surface area contributed by atoms with E-state index in [1.54, 1.807) is 0 Å². The summed E-state index contributed by atoms with van der Waals surface area (Å²) in [5.74, 6) is 0. The van der Waals surface area contributed by atoms with Crippen molar-refractivity contribution in [3.05, 3.63) is 64.0 Å². The van der Waals surface area contributed by atoms with Gasteiger partial charge in [0.2, 0.25) is 0 Å². The van der Waals surface area contributed by atoms with Crippen molar-refractivity contribution in [2.75, 3.05) is 0 Å². The maximum Gasteiger partial charge on any atom is 0.269 e. The van der Waals surface area contributed by atoms with Gasteiger partial charge in [-0.15, -0.1) is 0 Å². The lowest BCUT2D eigenvalue weighted by Crippen LogP contribution is -1.99. The molecule has 19 heavy (non-hydrogen) atoms. The first-order chi connectivity index (χ1) is 9.13. The van der Waals surface area contributed by atoms with Gasteiger partial charge in [-0.05, 0) is 49.3 Å². The lowest BCUT2D eigenvalue weighted by molar-refractivity contribution is 0.548. The third-order valence-electron chi connectivity index (χ3n) is 3.28. The Kier molecular flexibility index (Phi) is 2.99. The third kappa shape index (κ3) is 2.34. The lowest BCUT2D eigenvalue weighted by Gasteiger charge is -2.04. The molecule has 3 heteroatoms. The van der Waals surface area contributed by atoms with E-state index >= 15 is 0 Å². The fourth-order valence-corrected chi connectivity index (χ4v) is 2.45. The van der Waals surface area contributed by atoms with Gasteiger partial charge in [-0.1, -0.05) is 35.9 Å². The van der Waals surface area contributed by atoms with Gasteiger partial charge in [0.15, 0.2) is 5.58 Å². The topological polar surface area (TPSA) is 18.1 Å². The van der Waals surface area contributed by atoms with Crippen molar-refractivity contribution in [2.45, 2.75) is 20.4 Å². The van der Waals surface area contributed by atoms with Crippen LogP contribution in [0, 0.1) is 18.7 Å². The van der Waals surface area contributed by atoms with Gasteiger partial charge in [0.1, 0.15) is 0 Å². The van der Waals surface area contributed by atoms with Crippen LogP contribution in [0.2, 0.25) is 0 Å². The maximum atomic E-state index is 5.63. The summed E-state index contributed by atoms with van der Waals surface area (Å²) in [6, 6.07) is 14.6. The van der Waals surface area contributed by atoms with Crippen molar-refractivity contribution < 1.29 is 4.42 Å². The highest BCUT2D eigenvalue weighted by Crippen LogP contribution is 2.20. The van der Waals surface area contributed by atoms with E-state index < -0.39 is 0 Å². The molecule has 0 spiro atoms. The number of hydrogen-bond acceptors (Lipinski definition) is 2. The Balaban J connectivity index is 2.09. The first-order valence-corrected chi connectivity index (χ1v) is 6.70. The number of oxazole rings is 1. The molecule has 0 aliphatic carbocycles. The molecule has 0 atom stereocenters. The van der Waals surface area contributed by atoms with E-state index in [-0.39, 0.29) is 0 Å². The fraction of sp³-hybridized carbons (Fsp3) is 0.188. The minimum absolute atomic E-state index is 0.529. The molecular formula is C16H15NOS. The zero-order valence-corrected chi connectivity index (χ0v) is 11.8. The van der Waals surface area contributed by atoms with Gasteiger partial charge in [-0.2, -0.15) is 0 Å². The average molecular weight is 269 g/mol. The van der Waals surface area contributed by atoms with Crippen molar-refractivity contribution in [3.8, 4) is 0 Å². The Morgan fingerprint density at radius 2 is 1.68 bits per heavy atom. The number of rotatable bonds is 2. The van der Waals surface area contributed by atoms with E-state index in [0.29, 0.717) is 4.84 Å². The van der Waals surface area contributed by atoms with Gasteiger partial charge >= 0.3 is 0 Å². The summed E-state index contributed by atoms with van der Waals surface area (Å²) < 4.78 is 7.67. The van der Waals surface area contributed by atoms with E-state index in [2.05, 4.69) is 44.2 Å². The summed E-state index contributed by atoms with van der Waals surface area (Å²) >= 11 is 5.32. The number of nitrogens with zero attached hydrogens (tertiary/aromatic N) is 1. The van der Waals surface area contributed by atoms with Crippen molar-refractivity contribution in [1.29, 1.82) is 0 Å². The molecule has 0 amide bonds. The highest BCUT2D eigenvalue weighted by atomic mass is 32.1. The van der Waals surface area contributed by atoms with Crippen molar-refractivity contribution in [1.82, 2.24) is 4.57 Å². The Bertz CT molecular complexity index is 781. The monoisotopic (exact) mass is 269 g/mol. The Hall–Kier alpha value is -1.87. The average Bonchev–Trinajstić information content (AvgIpc) is 2.69. The van der Waals surface area contributed by atoms with Crippen molar-refractivity contribution in [2.24, 2.45) is 0 Å². The Morgan fingerprint density at radius 1 is 1.00 bits per heavy atom. The van der Waals surface area contributed by atoms with Crippen LogP contribution in [-0.4, -0.2) is 4.57 Å². The first-order valence-electron chi connectivity index (χ1n) is 6.29. The summed E-state index contributed by atoms with van der Waals surface area (Å²) in [5.41, 5.74) is 5.61. The molecule has 2 nitrogen and oxygen atoms in total. The normalized spacial score (nSPS) is 11.1. The molecule has 1 heterocycles. The molecule has 96 valence electrons. The molecule has 0 aliphatic heterocycles. The van der Waals surface area contributed by atoms with Crippen LogP contribution in [0.4, 0.5) is 0 Å². The van der Waals surface area contributed by atoms with Gasteiger partial charge in [0.05, 0.1) is 12.1 Å². The smallest absolute Gasteiger partial charge is 0.269 e. The van der Waals surface area contributed by atoms with Gasteiger partial charge in [0, 0.05) is 0 Å². The van der Waals surface area contributed by atoms with Gasteiger partial charge < -0.3 is 4.42 Å². The summed E-state index contributed by atoms with van der Waals surface area (Å²) in [4.78, 5) is 0.529. The summed E-state index contributed by atoms with van der Waals surface area (Å²) in [7, 11) is 0. The molecule has 0 unspecified atom stereocenters. The van der Waals surface area contributed by atoms with Crippen LogP contribution in [0.15, 0.2) is 46.9 Å². The molecule has 0 saturated carbocycles. The van der Waals surface area contributed by atoms with Crippen LogP contribution >= 0.6 is 12.2 Å². The predicted molar refractivity (Wildman–Crippen MR) is 80.1 cm³/mol. The molecule has 0 saturated heterocycles. The van der Waals surface area contributed by atoms with Gasteiger partial charge in [0.25, 0.3) is 4.84 Å². The second-order valence-electron chi connectivity index (χ2n) is 4.91. The molecule has 0 fully saturated rings. The van der Waals surface area contributed by atoms with E-state index in [9.17, 15) is 0 Å². The molecule has 0 radical (unpaired) electrons. The van der Waals surface area contributed by atoms with E-state index in [1.165, 1.54) is 16.7 Å². The van der Waals surface area contributed by atoms with Crippen LogP contribution in [0.1, 0.15) is 16.7 Å². The SMILES string of the molecule is Cc1ccc(Cn2c(=S)oc3ccc(C)cc32)cc1. The second-order valence-corrected chi connectivity index (χ2v) is 5.26. The molecular weight excluding hydrogens is 254 g/mol. The number of hydrogen-bond donors (Lipinski definition) is 0. The van der Waals surface area contributed by atoms with Crippen LogP contribution in [0.5, 0.6) is 0 Å². The second kappa shape index (κ2) is 4.67. The van der Waals surface area contributed by atoms with Crippen LogP contribution in [0.3, 0.4) is 0 Å². The largest absolute Gasteiger partial charge is 0.429 e. The minimum atomic E-state index is 0.529. The van der Waals surface area contributed by atoms with E-state index in [1.807, 2.05) is 16.7 Å². The Labute approximate surface area is 117 Å². The fourth-order valence-electron chi connectivity index (χ4n) is 2.20. The molecule has 0 bridgehead atoms. The third-order valence-corrected chi connectivity index (χ3v) is 3.59. The molecule has 2 aromatic carbocycles. The lowest BCUT2D eigenvalue weighted by atomic mass is 10.1. The zero-order chi connectivity index (χ0) is 13.4. The summed E-state index contributed by atoms with van der Waals surface area (Å²) in [6.07, 6.45) is 0. The standard InChI is InChI=1S/C16H15NOS/c1-11-3-6-13(7-4-11)10-17-14-9-12(2)5-8-15(14)18-16(17)19/h3-9H,10H2,1-2H3. The molecule has 1 aromatic heterocycles. The molecule has 0 aliphatic rings. The van der Waals surface area contributed by atoms with E-state index in [4.69, 9.17) is 16.6 Å². The van der Waals surface area contributed by atoms with Gasteiger partial charge in [-0.3, -0.25) is 4.57 Å². The van der Waals surface area contributed by atoms with Crippen molar-refractivity contribution in [3.63, 3.8) is 0 Å². The minimum Gasteiger partial charge on any atom is -0.429 e. The number of aryl methyl sites for hydroxylation is 2. The highest BCUT2D eigenvalue weighted by molar-refractivity contribution is 7.71. The van der Waals surface area contributed by atoms with Gasteiger partial charge in [-0.25, -0.2) is 0 Å². The van der Waals surface area contributed by atoms with E-state index in [0.717, 1.165) is 17.6 Å². The quantitative estimate of drug-likeness (QED) is 0.631. The van der Waals surface area contributed by atoms with Crippen molar-refractivity contribution >= 4 is 23.3 Å². The highest BCUT2D eigenvalue weighted by Gasteiger charge is 2.07. The number of benzene rings is 2. The summed E-state index contributed by atoms with van der Waals surface area (Å²) in [6.45, 7) is 4.91.